The molecule has 1 aliphatic heterocycles. The van der Waals surface area contributed by atoms with Crippen molar-refractivity contribution < 1.29 is 13.2 Å². The maximum atomic E-state index is 12.7. The fourth-order valence-corrected chi connectivity index (χ4v) is 4.59. The minimum atomic E-state index is -3.52. The Labute approximate surface area is 168 Å². The van der Waals surface area contributed by atoms with Gasteiger partial charge in [0.1, 0.15) is 10.6 Å². The van der Waals surface area contributed by atoms with Crippen molar-refractivity contribution in [3.05, 3.63) is 54.6 Å². The van der Waals surface area contributed by atoms with E-state index in [4.69, 9.17) is 4.74 Å². The number of pyridine rings is 1. The molecule has 0 bridgehead atoms. The standard InChI is InChI=1S/C18H21N7O3S/c1-28-16-6-4-15(5-7-16)25-18(20-21-22-25)14-23-9-11-24(12-10-23)29(26,27)17-3-2-8-19-13-17/h2-8,13H,9-12,14H2,1H3. The normalized spacial score (nSPS) is 16.0. The van der Waals surface area contributed by atoms with Gasteiger partial charge in [0, 0.05) is 38.6 Å². The maximum absolute atomic E-state index is 12.7. The van der Waals surface area contributed by atoms with Gasteiger partial charge in [-0.2, -0.15) is 8.99 Å². The van der Waals surface area contributed by atoms with Crippen LogP contribution in [0.25, 0.3) is 5.69 Å². The van der Waals surface area contributed by atoms with Gasteiger partial charge >= 0.3 is 0 Å². The Bertz CT molecular complexity index is 1050. The number of hydrogen-bond donors (Lipinski definition) is 0. The van der Waals surface area contributed by atoms with E-state index < -0.39 is 10.0 Å². The van der Waals surface area contributed by atoms with E-state index >= 15 is 0 Å². The van der Waals surface area contributed by atoms with Crippen molar-refractivity contribution >= 4 is 10.0 Å². The zero-order valence-corrected chi connectivity index (χ0v) is 16.7. The van der Waals surface area contributed by atoms with Crippen LogP contribution in [-0.2, 0) is 16.6 Å². The molecule has 11 heteroatoms. The molecular weight excluding hydrogens is 394 g/mol. The van der Waals surface area contributed by atoms with Crippen molar-refractivity contribution in [3.63, 3.8) is 0 Å². The van der Waals surface area contributed by atoms with Crippen LogP contribution in [-0.4, -0.2) is 76.1 Å². The van der Waals surface area contributed by atoms with Crippen LogP contribution in [0.1, 0.15) is 5.82 Å². The SMILES string of the molecule is COc1ccc(-n2nnnc2CN2CCN(S(=O)(=O)c3cccnc3)CC2)cc1. The lowest BCUT2D eigenvalue weighted by Crippen LogP contribution is -2.48. The van der Waals surface area contributed by atoms with Crippen LogP contribution in [0.5, 0.6) is 5.75 Å². The molecule has 0 atom stereocenters. The molecule has 0 radical (unpaired) electrons. The largest absolute Gasteiger partial charge is 0.497 e. The molecule has 152 valence electrons. The summed E-state index contributed by atoms with van der Waals surface area (Å²) in [5.74, 6) is 1.45. The van der Waals surface area contributed by atoms with Gasteiger partial charge < -0.3 is 4.74 Å². The molecule has 2 aromatic heterocycles. The molecule has 4 rings (SSSR count). The fraction of sp³-hybridized carbons (Fsp3) is 0.333. The minimum Gasteiger partial charge on any atom is -0.497 e. The molecule has 29 heavy (non-hydrogen) atoms. The smallest absolute Gasteiger partial charge is 0.244 e. The van der Waals surface area contributed by atoms with E-state index in [2.05, 4.69) is 25.4 Å². The lowest BCUT2D eigenvalue weighted by molar-refractivity contribution is 0.177. The highest BCUT2D eigenvalue weighted by molar-refractivity contribution is 7.89. The molecule has 0 unspecified atom stereocenters. The average molecular weight is 415 g/mol. The van der Waals surface area contributed by atoms with Gasteiger partial charge in [-0.1, -0.05) is 0 Å². The Morgan fingerprint density at radius 1 is 1.07 bits per heavy atom. The van der Waals surface area contributed by atoms with Crippen LogP contribution < -0.4 is 4.74 Å². The molecule has 1 aliphatic rings. The van der Waals surface area contributed by atoms with Crippen LogP contribution >= 0.6 is 0 Å². The van der Waals surface area contributed by atoms with Crippen molar-refractivity contribution in [3.8, 4) is 11.4 Å². The van der Waals surface area contributed by atoms with Crippen LogP contribution in [0.3, 0.4) is 0 Å². The third kappa shape index (κ3) is 4.11. The average Bonchev–Trinajstić information content (AvgIpc) is 3.23. The number of ether oxygens (including phenoxy) is 1. The van der Waals surface area contributed by atoms with Gasteiger partial charge in [-0.3, -0.25) is 9.88 Å². The lowest BCUT2D eigenvalue weighted by atomic mass is 10.3. The second-order valence-corrected chi connectivity index (χ2v) is 8.51. The predicted octanol–water partition coefficient (Wildman–Crippen LogP) is 0.572. The van der Waals surface area contributed by atoms with Gasteiger partial charge in [-0.15, -0.1) is 5.10 Å². The quantitative estimate of drug-likeness (QED) is 0.575. The first-order chi connectivity index (χ1) is 14.1. The summed E-state index contributed by atoms with van der Waals surface area (Å²) in [6, 6.07) is 10.7. The molecule has 1 saturated heterocycles. The van der Waals surface area contributed by atoms with Crippen LogP contribution in [0, 0.1) is 0 Å². The second-order valence-electron chi connectivity index (χ2n) is 6.57. The van der Waals surface area contributed by atoms with E-state index in [-0.39, 0.29) is 4.90 Å². The van der Waals surface area contributed by atoms with E-state index in [1.54, 1.807) is 30.1 Å². The van der Waals surface area contributed by atoms with Gasteiger partial charge in [0.25, 0.3) is 0 Å². The first kappa shape index (κ1) is 19.4. The number of methoxy groups -OCH3 is 1. The molecular formula is C18H21N7O3S. The molecule has 0 spiro atoms. The fourth-order valence-electron chi connectivity index (χ4n) is 3.21. The summed E-state index contributed by atoms with van der Waals surface area (Å²) in [6.45, 7) is 2.52. The van der Waals surface area contributed by atoms with Crippen molar-refractivity contribution in [1.82, 2.24) is 34.4 Å². The number of tetrazole rings is 1. The summed E-state index contributed by atoms with van der Waals surface area (Å²) >= 11 is 0. The first-order valence-corrected chi connectivity index (χ1v) is 10.6. The summed E-state index contributed by atoms with van der Waals surface area (Å²) in [4.78, 5) is 6.27. The molecule has 1 aromatic carbocycles. The van der Waals surface area contributed by atoms with Gasteiger partial charge in [0.2, 0.25) is 10.0 Å². The number of aromatic nitrogens is 5. The molecule has 0 aliphatic carbocycles. The minimum absolute atomic E-state index is 0.219. The van der Waals surface area contributed by atoms with E-state index in [0.717, 1.165) is 11.4 Å². The highest BCUT2D eigenvalue weighted by Gasteiger charge is 2.29. The number of rotatable bonds is 6. The molecule has 0 saturated carbocycles. The van der Waals surface area contributed by atoms with Crippen molar-refractivity contribution in [2.45, 2.75) is 11.4 Å². The molecule has 3 aromatic rings. The number of sulfonamides is 1. The van der Waals surface area contributed by atoms with Crippen LogP contribution in [0.4, 0.5) is 0 Å². The Hall–Kier alpha value is -2.89. The molecule has 1 fully saturated rings. The highest BCUT2D eigenvalue weighted by Crippen LogP contribution is 2.18. The summed E-state index contributed by atoms with van der Waals surface area (Å²) < 4.78 is 33.8. The predicted molar refractivity (Wildman–Crippen MR) is 104 cm³/mol. The van der Waals surface area contributed by atoms with E-state index in [0.29, 0.717) is 38.5 Å². The molecule has 10 nitrogen and oxygen atoms in total. The van der Waals surface area contributed by atoms with Crippen molar-refractivity contribution in [2.24, 2.45) is 0 Å². The first-order valence-electron chi connectivity index (χ1n) is 9.12. The van der Waals surface area contributed by atoms with E-state index in [9.17, 15) is 8.42 Å². The number of hydrogen-bond acceptors (Lipinski definition) is 8. The number of nitrogens with zero attached hydrogens (tertiary/aromatic N) is 7. The zero-order valence-electron chi connectivity index (χ0n) is 15.9. The summed E-state index contributed by atoms with van der Waals surface area (Å²) in [6.07, 6.45) is 2.94. The Morgan fingerprint density at radius 2 is 1.83 bits per heavy atom. The number of piperazine rings is 1. The van der Waals surface area contributed by atoms with Gasteiger partial charge in [0.05, 0.1) is 19.3 Å². The Kier molecular flexibility index (Phi) is 5.51. The third-order valence-electron chi connectivity index (χ3n) is 4.82. The molecule has 3 heterocycles. The summed E-state index contributed by atoms with van der Waals surface area (Å²) in [7, 11) is -1.90. The molecule has 0 N–H and O–H groups in total. The molecule has 0 amide bonds. The maximum Gasteiger partial charge on any atom is 0.244 e. The monoisotopic (exact) mass is 415 g/mol. The van der Waals surface area contributed by atoms with Crippen molar-refractivity contribution in [2.75, 3.05) is 33.3 Å². The van der Waals surface area contributed by atoms with Gasteiger partial charge in [-0.25, -0.2) is 8.42 Å². The van der Waals surface area contributed by atoms with Crippen LogP contribution in [0.2, 0.25) is 0 Å². The zero-order chi connectivity index (χ0) is 20.3. The lowest BCUT2D eigenvalue weighted by Gasteiger charge is -2.33. The van der Waals surface area contributed by atoms with E-state index in [1.165, 1.54) is 10.5 Å². The van der Waals surface area contributed by atoms with E-state index in [1.807, 2.05) is 24.3 Å². The summed E-state index contributed by atoms with van der Waals surface area (Å²) in [5, 5.41) is 12.0. The third-order valence-corrected chi connectivity index (χ3v) is 6.70. The van der Waals surface area contributed by atoms with Crippen LogP contribution in [0.15, 0.2) is 53.7 Å². The number of benzene rings is 1. The Morgan fingerprint density at radius 3 is 2.48 bits per heavy atom. The second kappa shape index (κ2) is 8.23. The van der Waals surface area contributed by atoms with Gasteiger partial charge in [0.15, 0.2) is 5.82 Å². The topological polar surface area (TPSA) is 106 Å². The summed E-state index contributed by atoms with van der Waals surface area (Å²) in [5.41, 5.74) is 0.837. The highest BCUT2D eigenvalue weighted by atomic mass is 32.2. The Balaban J connectivity index is 1.41. The van der Waals surface area contributed by atoms with Crippen molar-refractivity contribution in [1.29, 1.82) is 0 Å². The van der Waals surface area contributed by atoms with Gasteiger partial charge in [-0.05, 0) is 46.8 Å².